The van der Waals surface area contributed by atoms with E-state index in [0.717, 1.165) is 67.4 Å². The van der Waals surface area contributed by atoms with Crippen LogP contribution in [-0.2, 0) is 9.53 Å². The number of carbonyl (C=O) groups excluding carboxylic acids is 1. The van der Waals surface area contributed by atoms with E-state index in [0.29, 0.717) is 13.2 Å². The first kappa shape index (κ1) is 25.3. The fraction of sp³-hybridized carbons (Fsp3) is 0.536. The van der Waals surface area contributed by atoms with E-state index < -0.39 is 0 Å². The zero-order valence-electron chi connectivity index (χ0n) is 21.1. The van der Waals surface area contributed by atoms with Crippen LogP contribution >= 0.6 is 0 Å². The number of esters is 1. The maximum atomic E-state index is 13.4. The number of carbonyl (C=O) groups is 1. The molecule has 0 amide bonds. The molecule has 2 aliphatic rings. The summed E-state index contributed by atoms with van der Waals surface area (Å²) in [4.78, 5) is 15.8. The molecule has 1 fully saturated rings. The monoisotopic (exact) mass is 482 g/mol. The van der Waals surface area contributed by atoms with Gasteiger partial charge in [-0.2, -0.15) is 0 Å². The molecule has 0 aromatic heterocycles. The van der Waals surface area contributed by atoms with Crippen molar-refractivity contribution in [3.63, 3.8) is 0 Å². The molecule has 0 spiro atoms. The van der Waals surface area contributed by atoms with Gasteiger partial charge < -0.3 is 24.3 Å². The van der Waals surface area contributed by atoms with Gasteiger partial charge in [0.1, 0.15) is 5.75 Å². The van der Waals surface area contributed by atoms with Crippen molar-refractivity contribution in [1.82, 2.24) is 10.2 Å². The summed E-state index contributed by atoms with van der Waals surface area (Å²) in [5.41, 5.74) is 2.18. The number of rotatable bonds is 12. The standard InChI is InChI=1S/C28H38N2O5/c1-4-13-29-14-15-30-18-23(21-9-12-24-25(17-21)35-19-34-24)26(28(31)32-6-3)27(30)20-7-10-22(11-8-20)33-16-5-2/h7-12,17,23,26-27,29H,4-6,13-16,18-19H2,1-3H3. The van der Waals surface area contributed by atoms with Crippen molar-refractivity contribution in [2.24, 2.45) is 5.92 Å². The normalized spacial score (nSPS) is 21.3. The zero-order chi connectivity index (χ0) is 24.6. The molecule has 190 valence electrons. The van der Waals surface area contributed by atoms with Crippen LogP contribution in [0.5, 0.6) is 17.2 Å². The van der Waals surface area contributed by atoms with Crippen LogP contribution in [0.15, 0.2) is 42.5 Å². The number of likely N-dealkylation sites (tertiary alicyclic amines) is 1. The minimum Gasteiger partial charge on any atom is -0.494 e. The van der Waals surface area contributed by atoms with Crippen molar-refractivity contribution < 1.29 is 23.7 Å². The molecule has 35 heavy (non-hydrogen) atoms. The van der Waals surface area contributed by atoms with E-state index in [4.69, 9.17) is 18.9 Å². The number of hydrogen-bond acceptors (Lipinski definition) is 7. The smallest absolute Gasteiger partial charge is 0.311 e. The maximum Gasteiger partial charge on any atom is 0.311 e. The van der Waals surface area contributed by atoms with Crippen LogP contribution in [0.4, 0.5) is 0 Å². The van der Waals surface area contributed by atoms with E-state index in [1.165, 1.54) is 0 Å². The van der Waals surface area contributed by atoms with Gasteiger partial charge in [0.2, 0.25) is 6.79 Å². The average Bonchev–Trinajstić information content (AvgIpc) is 3.50. The van der Waals surface area contributed by atoms with Crippen LogP contribution in [-0.4, -0.2) is 57.1 Å². The van der Waals surface area contributed by atoms with Gasteiger partial charge in [0, 0.05) is 31.6 Å². The molecule has 0 bridgehead atoms. The molecule has 0 radical (unpaired) electrons. The molecular weight excluding hydrogens is 444 g/mol. The van der Waals surface area contributed by atoms with Gasteiger partial charge in [-0.25, -0.2) is 0 Å². The van der Waals surface area contributed by atoms with Gasteiger partial charge in [-0.15, -0.1) is 0 Å². The Kier molecular flexibility index (Phi) is 8.88. The molecule has 3 unspecified atom stereocenters. The van der Waals surface area contributed by atoms with Crippen molar-refractivity contribution in [2.75, 3.05) is 46.2 Å². The summed E-state index contributed by atoms with van der Waals surface area (Å²) in [6, 6.07) is 14.1. The fourth-order valence-corrected chi connectivity index (χ4v) is 5.07. The number of nitrogens with one attached hydrogen (secondary N) is 1. The second-order valence-electron chi connectivity index (χ2n) is 9.10. The SMILES string of the molecule is CCCNCCN1CC(c2ccc3c(c2)OCO3)C(C(=O)OCC)C1c1ccc(OCCC)cc1. The Hall–Kier alpha value is -2.77. The van der Waals surface area contributed by atoms with Crippen LogP contribution in [0.1, 0.15) is 56.7 Å². The summed E-state index contributed by atoms with van der Waals surface area (Å²) >= 11 is 0. The van der Waals surface area contributed by atoms with Crippen molar-refractivity contribution in [2.45, 2.75) is 45.6 Å². The van der Waals surface area contributed by atoms with E-state index in [1.54, 1.807) is 0 Å². The lowest BCUT2D eigenvalue weighted by Gasteiger charge is -2.28. The Morgan fingerprint density at radius 3 is 2.51 bits per heavy atom. The van der Waals surface area contributed by atoms with Gasteiger partial charge in [0.05, 0.1) is 19.1 Å². The minimum absolute atomic E-state index is 0.0178. The first-order valence-electron chi connectivity index (χ1n) is 12.9. The summed E-state index contributed by atoms with van der Waals surface area (Å²) < 4.78 is 22.6. The Labute approximate surface area is 208 Å². The highest BCUT2D eigenvalue weighted by molar-refractivity contribution is 5.76. The highest BCUT2D eigenvalue weighted by atomic mass is 16.7. The first-order chi connectivity index (χ1) is 17.2. The molecule has 1 N–H and O–H groups in total. The molecular formula is C28H38N2O5. The van der Waals surface area contributed by atoms with Gasteiger partial charge in [0.25, 0.3) is 0 Å². The second kappa shape index (κ2) is 12.3. The summed E-state index contributed by atoms with van der Waals surface area (Å²) in [6.07, 6.45) is 2.05. The highest BCUT2D eigenvalue weighted by Crippen LogP contribution is 2.48. The predicted octanol–water partition coefficient (Wildman–Crippen LogP) is 4.52. The van der Waals surface area contributed by atoms with Crippen LogP contribution in [0.3, 0.4) is 0 Å². The Morgan fingerprint density at radius 1 is 1.00 bits per heavy atom. The molecule has 7 nitrogen and oxygen atoms in total. The maximum absolute atomic E-state index is 13.4. The molecule has 2 aromatic rings. The number of hydrogen-bond donors (Lipinski definition) is 1. The quantitative estimate of drug-likeness (QED) is 0.352. The van der Waals surface area contributed by atoms with Crippen LogP contribution < -0.4 is 19.5 Å². The van der Waals surface area contributed by atoms with E-state index >= 15 is 0 Å². The van der Waals surface area contributed by atoms with Gasteiger partial charge in [-0.3, -0.25) is 9.69 Å². The largest absolute Gasteiger partial charge is 0.494 e. The number of ether oxygens (including phenoxy) is 4. The van der Waals surface area contributed by atoms with Gasteiger partial charge in [-0.1, -0.05) is 32.0 Å². The lowest BCUT2D eigenvalue weighted by atomic mass is 9.82. The molecule has 7 heteroatoms. The highest BCUT2D eigenvalue weighted by Gasteiger charge is 2.48. The first-order valence-corrected chi connectivity index (χ1v) is 12.9. The predicted molar refractivity (Wildman–Crippen MR) is 135 cm³/mol. The summed E-state index contributed by atoms with van der Waals surface area (Å²) in [6.45, 7) is 10.9. The van der Waals surface area contributed by atoms with Gasteiger partial charge >= 0.3 is 5.97 Å². The Bertz CT molecular complexity index is 964. The molecule has 2 aliphatic heterocycles. The molecule has 2 heterocycles. The topological polar surface area (TPSA) is 69.3 Å². The van der Waals surface area contributed by atoms with Crippen molar-refractivity contribution in [3.8, 4) is 17.2 Å². The summed E-state index contributed by atoms with van der Waals surface area (Å²) in [5, 5.41) is 3.51. The fourth-order valence-electron chi connectivity index (χ4n) is 5.07. The molecule has 3 atom stereocenters. The molecule has 0 saturated carbocycles. The van der Waals surface area contributed by atoms with Crippen LogP contribution in [0.2, 0.25) is 0 Å². The third-order valence-electron chi connectivity index (χ3n) is 6.68. The number of fused-ring (bicyclic) bond motifs is 1. The lowest BCUT2D eigenvalue weighted by molar-refractivity contribution is -0.149. The van der Waals surface area contributed by atoms with E-state index in [-0.39, 0.29) is 30.6 Å². The zero-order valence-corrected chi connectivity index (χ0v) is 21.1. The summed E-state index contributed by atoms with van der Waals surface area (Å²) in [5.74, 6) is 1.83. The Morgan fingerprint density at radius 2 is 1.77 bits per heavy atom. The lowest BCUT2D eigenvalue weighted by Crippen LogP contribution is -2.34. The van der Waals surface area contributed by atoms with Crippen LogP contribution in [0.25, 0.3) is 0 Å². The van der Waals surface area contributed by atoms with E-state index in [1.807, 2.05) is 31.2 Å². The molecule has 2 aromatic carbocycles. The third-order valence-corrected chi connectivity index (χ3v) is 6.68. The molecule has 1 saturated heterocycles. The van der Waals surface area contributed by atoms with E-state index in [2.05, 4.69) is 42.3 Å². The average molecular weight is 483 g/mol. The minimum atomic E-state index is -0.330. The summed E-state index contributed by atoms with van der Waals surface area (Å²) in [7, 11) is 0. The van der Waals surface area contributed by atoms with Gasteiger partial charge in [-0.05, 0) is 61.7 Å². The number of nitrogens with zero attached hydrogens (tertiary/aromatic N) is 1. The third kappa shape index (κ3) is 5.90. The van der Waals surface area contributed by atoms with Crippen molar-refractivity contribution in [1.29, 1.82) is 0 Å². The van der Waals surface area contributed by atoms with Crippen LogP contribution in [0, 0.1) is 5.92 Å². The van der Waals surface area contributed by atoms with Crippen molar-refractivity contribution in [3.05, 3.63) is 53.6 Å². The molecule has 0 aliphatic carbocycles. The van der Waals surface area contributed by atoms with Gasteiger partial charge in [0.15, 0.2) is 11.5 Å². The Balaban J connectivity index is 1.66. The number of benzene rings is 2. The van der Waals surface area contributed by atoms with Crippen molar-refractivity contribution >= 4 is 5.97 Å². The van der Waals surface area contributed by atoms with E-state index in [9.17, 15) is 4.79 Å². The second-order valence-corrected chi connectivity index (χ2v) is 9.10. The molecule has 4 rings (SSSR count).